The van der Waals surface area contributed by atoms with Gasteiger partial charge in [0, 0.05) is 12.3 Å². The van der Waals surface area contributed by atoms with Crippen LogP contribution in [0.15, 0.2) is 21.9 Å². The van der Waals surface area contributed by atoms with Gasteiger partial charge in [-0.1, -0.05) is 0 Å². The van der Waals surface area contributed by atoms with E-state index in [1.54, 1.807) is 0 Å². The van der Waals surface area contributed by atoms with Crippen LogP contribution in [0.2, 0.25) is 0 Å². The number of aliphatic hydroxyl groups excluding tert-OH is 1. The summed E-state index contributed by atoms with van der Waals surface area (Å²) < 4.78 is 41.8. The fraction of sp³-hybridized carbons (Fsp3) is 0.600. The van der Waals surface area contributed by atoms with E-state index in [2.05, 4.69) is 8.62 Å². The standard InChI is InChI=1S/C10H17N2O11P3S/c1-10(16)7(14)5(4-20-26(27)23-25(19)22-24(17)18)21-8(10)12-3-2-6(13)11-9(12)15/h2-3,5,7-8,14,16,24-26H,4H2,1H3,(H,17,18)(H,11,13,15)/t5-,7-,8-,10-/m1/s1. The molecule has 1 aromatic rings. The van der Waals surface area contributed by atoms with Gasteiger partial charge in [0.05, 0.1) is 6.61 Å². The molecule has 3 unspecified atom stereocenters. The second kappa shape index (κ2) is 9.34. The van der Waals surface area contributed by atoms with E-state index >= 15 is 0 Å². The van der Waals surface area contributed by atoms with Crippen LogP contribution in [0.5, 0.6) is 0 Å². The summed E-state index contributed by atoms with van der Waals surface area (Å²) >= 11 is 4.79. The molecule has 1 fully saturated rings. The number of aromatic nitrogens is 2. The molecule has 0 amide bonds. The van der Waals surface area contributed by atoms with Crippen LogP contribution < -0.4 is 11.2 Å². The molecule has 0 radical (unpaired) electrons. The lowest BCUT2D eigenvalue weighted by atomic mass is 9.96. The van der Waals surface area contributed by atoms with Gasteiger partial charge in [0.25, 0.3) is 5.56 Å². The molecule has 0 saturated carbocycles. The summed E-state index contributed by atoms with van der Waals surface area (Å²) in [7, 11) is -9.38. The highest BCUT2D eigenvalue weighted by molar-refractivity contribution is 8.01. The predicted octanol–water partition coefficient (Wildman–Crippen LogP) is -1.13. The van der Waals surface area contributed by atoms with Crippen LogP contribution in [0.1, 0.15) is 13.2 Å². The summed E-state index contributed by atoms with van der Waals surface area (Å²) in [5, 5.41) is 20.7. The Bertz CT molecular complexity index is 870. The molecule has 2 heterocycles. The molecular formula is C10H17N2O11P3S. The third kappa shape index (κ3) is 5.75. The quantitative estimate of drug-likeness (QED) is 0.338. The summed E-state index contributed by atoms with van der Waals surface area (Å²) in [6.45, 7) is 0.828. The molecule has 1 saturated heterocycles. The number of hydrogen-bond donors (Lipinski definition) is 4. The average Bonchev–Trinajstić information content (AvgIpc) is 2.75. The van der Waals surface area contributed by atoms with Crippen molar-refractivity contribution in [1.82, 2.24) is 9.55 Å². The van der Waals surface area contributed by atoms with Gasteiger partial charge in [-0.05, 0) is 18.7 Å². The van der Waals surface area contributed by atoms with E-state index in [0.717, 1.165) is 16.8 Å². The van der Waals surface area contributed by atoms with Crippen molar-refractivity contribution < 1.29 is 42.1 Å². The first-order valence-corrected chi connectivity index (χ1v) is 12.1. The van der Waals surface area contributed by atoms with Gasteiger partial charge in [0.1, 0.15) is 17.8 Å². The highest BCUT2D eigenvalue weighted by atomic mass is 32.4. The third-order valence-electron chi connectivity index (χ3n) is 3.56. The fourth-order valence-corrected chi connectivity index (χ4v) is 5.34. The van der Waals surface area contributed by atoms with Crippen molar-refractivity contribution in [1.29, 1.82) is 0 Å². The van der Waals surface area contributed by atoms with Gasteiger partial charge in [0.15, 0.2) is 13.4 Å². The van der Waals surface area contributed by atoms with E-state index in [1.807, 2.05) is 4.98 Å². The van der Waals surface area contributed by atoms with Crippen molar-refractivity contribution in [2.75, 3.05) is 6.61 Å². The molecule has 7 atom stereocenters. The highest BCUT2D eigenvalue weighted by Gasteiger charge is 2.53. The topological polar surface area (TPSA) is 187 Å². The highest BCUT2D eigenvalue weighted by Crippen LogP contribution is 2.46. The molecule has 0 spiro atoms. The third-order valence-corrected chi connectivity index (χ3v) is 7.77. The lowest BCUT2D eigenvalue weighted by molar-refractivity contribution is -0.0983. The lowest BCUT2D eigenvalue weighted by Crippen LogP contribution is -2.46. The van der Waals surface area contributed by atoms with E-state index < -0.39 is 65.6 Å². The minimum Gasteiger partial charge on any atom is -0.387 e. The Morgan fingerprint density at radius 1 is 1.41 bits per heavy atom. The van der Waals surface area contributed by atoms with Crippen molar-refractivity contribution in [3.63, 3.8) is 0 Å². The smallest absolute Gasteiger partial charge is 0.331 e. The van der Waals surface area contributed by atoms with Crippen LogP contribution in [-0.4, -0.2) is 49.1 Å². The van der Waals surface area contributed by atoms with E-state index in [4.69, 9.17) is 26.0 Å². The van der Waals surface area contributed by atoms with Crippen molar-refractivity contribution in [2.24, 2.45) is 0 Å². The van der Waals surface area contributed by atoms with Crippen LogP contribution in [0, 0.1) is 0 Å². The summed E-state index contributed by atoms with van der Waals surface area (Å²) in [5.74, 6) is 0. The molecule has 27 heavy (non-hydrogen) atoms. The van der Waals surface area contributed by atoms with Gasteiger partial charge in [0.2, 0.25) is 0 Å². The number of aliphatic hydroxyl groups is 2. The first kappa shape index (κ1) is 22.8. The zero-order valence-electron chi connectivity index (χ0n) is 13.6. The maximum absolute atomic E-state index is 11.9. The zero-order chi connectivity index (χ0) is 20.4. The maximum atomic E-state index is 11.9. The number of H-pyrrole nitrogens is 1. The van der Waals surface area contributed by atoms with E-state index in [-0.39, 0.29) is 0 Å². The molecule has 17 heteroatoms. The second-order valence-electron chi connectivity index (χ2n) is 5.50. The normalized spacial score (nSPS) is 31.5. The van der Waals surface area contributed by atoms with Crippen LogP contribution in [0.25, 0.3) is 0 Å². The largest absolute Gasteiger partial charge is 0.387 e. The minimum atomic E-state index is -3.46. The predicted molar refractivity (Wildman–Crippen MR) is 95.9 cm³/mol. The van der Waals surface area contributed by atoms with Crippen LogP contribution in [-0.2, 0) is 38.8 Å². The number of nitrogens with zero attached hydrogens (tertiary/aromatic N) is 1. The van der Waals surface area contributed by atoms with Crippen molar-refractivity contribution in [2.45, 2.75) is 31.0 Å². The fourth-order valence-electron chi connectivity index (χ4n) is 2.33. The number of ether oxygens (including phenoxy) is 1. The molecule has 13 nitrogen and oxygen atoms in total. The van der Waals surface area contributed by atoms with E-state index in [9.17, 15) is 28.9 Å². The average molecular weight is 466 g/mol. The van der Waals surface area contributed by atoms with Gasteiger partial charge >= 0.3 is 22.2 Å². The number of nitrogens with one attached hydrogen (secondary N) is 1. The Hall–Kier alpha value is -0.490. The lowest BCUT2D eigenvalue weighted by Gasteiger charge is -2.27. The molecule has 0 aliphatic carbocycles. The SMILES string of the molecule is C[C@@]1(O)[C@H](O)[C@@H](CO[PH](=S)O[PH](=O)O[PH](=O)O)O[C@H]1n1ccc(=O)[nH]c1=O. The van der Waals surface area contributed by atoms with Gasteiger partial charge in [-0.15, -0.1) is 0 Å². The number of aromatic amines is 1. The monoisotopic (exact) mass is 466 g/mol. The van der Waals surface area contributed by atoms with E-state index in [1.165, 1.54) is 6.92 Å². The molecular weight excluding hydrogens is 449 g/mol. The minimum absolute atomic E-state index is 0.396. The van der Waals surface area contributed by atoms with Crippen LogP contribution in [0.3, 0.4) is 0 Å². The van der Waals surface area contributed by atoms with Crippen LogP contribution in [0.4, 0.5) is 0 Å². The Kier molecular flexibility index (Phi) is 7.88. The molecule has 4 N–H and O–H groups in total. The molecule has 2 rings (SSSR count). The van der Waals surface area contributed by atoms with Gasteiger partial charge < -0.3 is 24.4 Å². The summed E-state index contributed by atoms with van der Waals surface area (Å²) in [6, 6.07) is 1.04. The maximum Gasteiger partial charge on any atom is 0.331 e. The first-order valence-electron chi connectivity index (χ1n) is 7.19. The molecule has 1 aromatic heterocycles. The first-order chi connectivity index (χ1) is 12.5. The Morgan fingerprint density at radius 2 is 2.07 bits per heavy atom. The molecule has 0 aromatic carbocycles. The van der Waals surface area contributed by atoms with E-state index in [0.29, 0.717) is 0 Å². The molecule has 1 aliphatic rings. The Morgan fingerprint density at radius 3 is 2.67 bits per heavy atom. The Balaban J connectivity index is 2.04. The molecule has 154 valence electrons. The summed E-state index contributed by atoms with van der Waals surface area (Å²) in [5.41, 5.74) is -3.42. The zero-order valence-corrected chi connectivity index (χ0v) is 17.4. The molecule has 0 bridgehead atoms. The van der Waals surface area contributed by atoms with Crippen molar-refractivity contribution >= 4 is 35.5 Å². The van der Waals surface area contributed by atoms with Gasteiger partial charge in [-0.2, -0.15) is 0 Å². The van der Waals surface area contributed by atoms with Gasteiger partial charge in [-0.25, -0.2) is 9.11 Å². The van der Waals surface area contributed by atoms with Crippen molar-refractivity contribution in [3.8, 4) is 0 Å². The Labute approximate surface area is 158 Å². The summed E-state index contributed by atoms with van der Waals surface area (Å²) in [6.07, 6.45) is -2.89. The number of hydrogen-bond acceptors (Lipinski definition) is 11. The second-order valence-corrected chi connectivity index (χ2v) is 9.95. The van der Waals surface area contributed by atoms with Gasteiger partial charge in [-0.3, -0.25) is 27.8 Å². The number of rotatable bonds is 8. The van der Waals surface area contributed by atoms with Crippen LogP contribution >= 0.6 is 23.7 Å². The van der Waals surface area contributed by atoms with Crippen molar-refractivity contribution in [3.05, 3.63) is 33.1 Å². The summed E-state index contributed by atoms with van der Waals surface area (Å²) in [4.78, 5) is 33.5. The molecule has 1 aliphatic heterocycles.